The van der Waals surface area contributed by atoms with Crippen LogP contribution >= 0.6 is 0 Å². The Morgan fingerprint density at radius 2 is 1.63 bits per heavy atom. The van der Waals surface area contributed by atoms with Gasteiger partial charge in [0.2, 0.25) is 0 Å². The Bertz CT molecular complexity index is 1170. The van der Waals surface area contributed by atoms with Crippen LogP contribution in [0.15, 0.2) is 88.9 Å². The lowest BCUT2D eigenvalue weighted by molar-refractivity contribution is -0.119. The average molecular weight is 425 g/mol. The number of amides is 1. The van der Waals surface area contributed by atoms with Crippen LogP contribution in [-0.4, -0.2) is 27.1 Å². The van der Waals surface area contributed by atoms with E-state index in [0.717, 1.165) is 10.5 Å². The van der Waals surface area contributed by atoms with Crippen LogP contribution < -0.4 is 9.73 Å². The van der Waals surface area contributed by atoms with E-state index in [9.17, 15) is 17.6 Å². The molecule has 0 atom stereocenters. The maximum atomic E-state index is 13.6. The Morgan fingerprint density at radius 3 is 2.33 bits per heavy atom. The van der Waals surface area contributed by atoms with Crippen molar-refractivity contribution in [1.82, 2.24) is 5.43 Å². The van der Waals surface area contributed by atoms with Gasteiger partial charge in [-0.2, -0.15) is 5.10 Å². The lowest BCUT2D eigenvalue weighted by Gasteiger charge is -2.25. The summed E-state index contributed by atoms with van der Waals surface area (Å²) in [5.41, 5.74) is 3.54. The number of para-hydroxylation sites is 1. The molecule has 1 amide bonds. The zero-order valence-corrected chi connectivity index (χ0v) is 17.0. The molecule has 30 heavy (non-hydrogen) atoms. The van der Waals surface area contributed by atoms with Gasteiger partial charge in [0.05, 0.1) is 16.8 Å². The first-order valence-electron chi connectivity index (χ1n) is 9.09. The van der Waals surface area contributed by atoms with Crippen LogP contribution in [0.25, 0.3) is 0 Å². The summed E-state index contributed by atoms with van der Waals surface area (Å²) in [7, 11) is -3.99. The van der Waals surface area contributed by atoms with E-state index in [1.165, 1.54) is 24.3 Å². The van der Waals surface area contributed by atoms with Gasteiger partial charge in [0.25, 0.3) is 15.9 Å². The molecule has 0 radical (unpaired) electrons. The Kier molecular flexibility index (Phi) is 6.58. The Hall–Kier alpha value is -3.52. The molecule has 0 aromatic heterocycles. The smallest absolute Gasteiger partial charge is 0.264 e. The molecule has 3 aromatic rings. The molecule has 0 saturated carbocycles. The number of nitrogens with zero attached hydrogens (tertiary/aromatic N) is 2. The molecule has 0 aliphatic rings. The van der Waals surface area contributed by atoms with Gasteiger partial charge in [-0.25, -0.2) is 18.2 Å². The molecule has 0 unspecified atom stereocenters. The van der Waals surface area contributed by atoms with E-state index in [0.29, 0.717) is 11.3 Å². The van der Waals surface area contributed by atoms with Crippen molar-refractivity contribution in [3.8, 4) is 0 Å². The van der Waals surface area contributed by atoms with E-state index in [-0.39, 0.29) is 10.5 Å². The van der Waals surface area contributed by atoms with Crippen molar-refractivity contribution in [3.05, 3.63) is 95.8 Å². The van der Waals surface area contributed by atoms with E-state index in [1.807, 2.05) is 0 Å². The molecule has 6 nitrogen and oxygen atoms in total. The predicted octanol–water partition coefficient (Wildman–Crippen LogP) is 3.48. The molecule has 3 rings (SSSR count). The van der Waals surface area contributed by atoms with Crippen LogP contribution in [-0.2, 0) is 14.8 Å². The van der Waals surface area contributed by atoms with Gasteiger partial charge in [-0.1, -0.05) is 54.6 Å². The van der Waals surface area contributed by atoms with Gasteiger partial charge in [0.15, 0.2) is 0 Å². The Morgan fingerprint density at radius 1 is 1.00 bits per heavy atom. The van der Waals surface area contributed by atoms with Crippen molar-refractivity contribution in [2.24, 2.45) is 5.10 Å². The normalized spacial score (nSPS) is 11.4. The number of carbonyl (C=O) groups is 1. The highest BCUT2D eigenvalue weighted by molar-refractivity contribution is 7.92. The number of rotatable bonds is 7. The molecular weight excluding hydrogens is 405 g/mol. The maximum Gasteiger partial charge on any atom is 0.264 e. The highest BCUT2D eigenvalue weighted by atomic mass is 32.2. The number of hydrogen-bond acceptors (Lipinski definition) is 4. The Labute approximate surface area is 174 Å². The number of nitrogens with one attached hydrogen (secondary N) is 1. The number of sulfonamides is 1. The number of carbonyl (C=O) groups excluding carboxylic acids is 1. The fraction of sp³-hybridized carbons (Fsp3) is 0.0909. The SMILES string of the molecule is Cc1ccccc1N(CC(=O)N/N=C/c1ccccc1F)S(=O)(=O)c1ccccc1. The van der Waals surface area contributed by atoms with Crippen LogP contribution in [0.1, 0.15) is 11.1 Å². The molecule has 0 spiro atoms. The molecule has 0 heterocycles. The fourth-order valence-electron chi connectivity index (χ4n) is 2.78. The number of benzene rings is 3. The number of halogens is 1. The monoisotopic (exact) mass is 425 g/mol. The van der Waals surface area contributed by atoms with E-state index >= 15 is 0 Å². The van der Waals surface area contributed by atoms with Crippen LogP contribution in [0.4, 0.5) is 10.1 Å². The summed E-state index contributed by atoms with van der Waals surface area (Å²) < 4.78 is 41.1. The third kappa shape index (κ3) is 4.90. The summed E-state index contributed by atoms with van der Waals surface area (Å²) in [5, 5.41) is 3.74. The Balaban J connectivity index is 1.85. The lowest BCUT2D eigenvalue weighted by Crippen LogP contribution is -2.40. The van der Waals surface area contributed by atoms with Gasteiger partial charge in [-0.05, 0) is 36.8 Å². The minimum Gasteiger partial charge on any atom is -0.271 e. The second-order valence-electron chi connectivity index (χ2n) is 6.43. The van der Waals surface area contributed by atoms with Crippen LogP contribution in [0.2, 0.25) is 0 Å². The minimum atomic E-state index is -3.99. The van der Waals surface area contributed by atoms with Crippen LogP contribution in [0, 0.1) is 12.7 Å². The molecule has 0 fully saturated rings. The second-order valence-corrected chi connectivity index (χ2v) is 8.29. The zero-order valence-electron chi connectivity index (χ0n) is 16.2. The summed E-state index contributed by atoms with van der Waals surface area (Å²) in [6.07, 6.45) is 1.16. The van der Waals surface area contributed by atoms with E-state index in [2.05, 4.69) is 10.5 Å². The van der Waals surface area contributed by atoms with Crippen molar-refractivity contribution in [3.63, 3.8) is 0 Å². The molecule has 0 aliphatic carbocycles. The molecule has 3 aromatic carbocycles. The van der Waals surface area contributed by atoms with E-state index in [1.54, 1.807) is 61.5 Å². The zero-order chi connectivity index (χ0) is 21.6. The molecular formula is C22H20FN3O3S. The predicted molar refractivity (Wildman–Crippen MR) is 114 cm³/mol. The highest BCUT2D eigenvalue weighted by Gasteiger charge is 2.27. The first kappa shape index (κ1) is 21.2. The van der Waals surface area contributed by atoms with Gasteiger partial charge >= 0.3 is 0 Å². The lowest BCUT2D eigenvalue weighted by atomic mass is 10.2. The molecule has 8 heteroatoms. The average Bonchev–Trinajstić information content (AvgIpc) is 2.74. The standard InChI is InChI=1S/C22H20FN3O3S/c1-17-9-5-8-14-21(17)26(30(28,29)19-11-3-2-4-12-19)16-22(27)25-24-15-18-10-6-7-13-20(18)23/h2-15H,16H2,1H3,(H,25,27)/b24-15+. The van der Waals surface area contributed by atoms with Crippen molar-refractivity contribution >= 4 is 27.8 Å². The molecule has 1 N–H and O–H groups in total. The molecule has 0 bridgehead atoms. The van der Waals surface area contributed by atoms with Crippen molar-refractivity contribution in [2.75, 3.05) is 10.8 Å². The summed E-state index contributed by atoms with van der Waals surface area (Å²) in [5.74, 6) is -1.14. The van der Waals surface area contributed by atoms with Crippen molar-refractivity contribution < 1.29 is 17.6 Å². The topological polar surface area (TPSA) is 78.8 Å². The number of hydrogen-bond donors (Lipinski definition) is 1. The first-order valence-corrected chi connectivity index (χ1v) is 10.5. The van der Waals surface area contributed by atoms with E-state index in [4.69, 9.17) is 0 Å². The highest BCUT2D eigenvalue weighted by Crippen LogP contribution is 2.26. The van der Waals surface area contributed by atoms with Gasteiger partial charge in [0.1, 0.15) is 12.4 Å². The second kappa shape index (κ2) is 9.32. The summed E-state index contributed by atoms with van der Waals surface area (Å²) in [6, 6.07) is 20.7. The summed E-state index contributed by atoms with van der Waals surface area (Å²) >= 11 is 0. The van der Waals surface area contributed by atoms with Crippen molar-refractivity contribution in [2.45, 2.75) is 11.8 Å². The maximum absolute atomic E-state index is 13.6. The fourth-order valence-corrected chi connectivity index (χ4v) is 4.29. The van der Waals surface area contributed by atoms with E-state index < -0.39 is 28.3 Å². The van der Waals surface area contributed by atoms with Crippen molar-refractivity contribution in [1.29, 1.82) is 0 Å². The van der Waals surface area contributed by atoms with Gasteiger partial charge in [-0.15, -0.1) is 0 Å². The number of aryl methyl sites for hydroxylation is 1. The summed E-state index contributed by atoms with van der Waals surface area (Å²) in [6.45, 7) is 1.27. The van der Waals surface area contributed by atoms with Gasteiger partial charge in [0, 0.05) is 5.56 Å². The first-order chi connectivity index (χ1) is 14.4. The third-order valence-corrected chi connectivity index (χ3v) is 6.07. The number of hydrazone groups is 1. The van der Waals surface area contributed by atoms with Gasteiger partial charge in [-0.3, -0.25) is 9.10 Å². The minimum absolute atomic E-state index is 0.0657. The molecule has 0 aliphatic heterocycles. The van der Waals surface area contributed by atoms with Gasteiger partial charge < -0.3 is 0 Å². The van der Waals surface area contributed by atoms with Crippen LogP contribution in [0.5, 0.6) is 0 Å². The quantitative estimate of drug-likeness (QED) is 0.465. The third-order valence-electron chi connectivity index (χ3n) is 4.30. The number of anilines is 1. The largest absolute Gasteiger partial charge is 0.271 e. The molecule has 154 valence electrons. The van der Waals surface area contributed by atoms with Crippen LogP contribution in [0.3, 0.4) is 0 Å². The summed E-state index contributed by atoms with van der Waals surface area (Å²) in [4.78, 5) is 12.5. The molecule has 0 saturated heterocycles.